The molecule has 1 unspecified atom stereocenters. The van der Waals surface area contributed by atoms with Gasteiger partial charge >= 0.3 is 5.97 Å². The molecule has 4 heteroatoms. The summed E-state index contributed by atoms with van der Waals surface area (Å²) in [6.45, 7) is 2.88. The Morgan fingerprint density at radius 1 is 1.41 bits per heavy atom. The number of hydrogen-bond donors (Lipinski definition) is 0. The normalized spacial score (nSPS) is 12.1. The molecule has 0 saturated heterocycles. The van der Waals surface area contributed by atoms with Crippen molar-refractivity contribution in [3.05, 3.63) is 30.1 Å². The molecule has 0 spiro atoms. The highest BCUT2D eigenvalue weighted by Gasteiger charge is 2.12. The minimum atomic E-state index is -0.223. The van der Waals surface area contributed by atoms with Crippen molar-refractivity contribution in [2.45, 2.75) is 19.8 Å². The summed E-state index contributed by atoms with van der Waals surface area (Å²) in [5, 5.41) is 0. The number of carbonyl (C=O) groups excluding carboxylic acids is 1. The molecule has 17 heavy (non-hydrogen) atoms. The number of carbonyl (C=O) groups is 1. The van der Waals surface area contributed by atoms with Gasteiger partial charge in [0.25, 0.3) is 0 Å². The van der Waals surface area contributed by atoms with Gasteiger partial charge in [-0.3, -0.25) is 9.78 Å². The Labute approximate surface area is 102 Å². The zero-order chi connectivity index (χ0) is 12.5. The van der Waals surface area contributed by atoms with E-state index in [2.05, 4.69) is 9.72 Å². The molecule has 0 amide bonds. The first-order chi connectivity index (χ1) is 8.24. The van der Waals surface area contributed by atoms with E-state index in [4.69, 9.17) is 4.74 Å². The number of ether oxygens (including phenoxy) is 2. The Morgan fingerprint density at radius 2 is 2.12 bits per heavy atom. The van der Waals surface area contributed by atoms with Gasteiger partial charge in [-0.15, -0.1) is 0 Å². The van der Waals surface area contributed by atoms with Crippen LogP contribution >= 0.6 is 0 Å². The summed E-state index contributed by atoms with van der Waals surface area (Å²) in [7, 11) is 1.39. The third-order valence-corrected chi connectivity index (χ3v) is 2.47. The number of hydrogen-bond acceptors (Lipinski definition) is 4. The van der Waals surface area contributed by atoms with Gasteiger partial charge in [0.2, 0.25) is 0 Å². The topological polar surface area (TPSA) is 48.4 Å². The summed E-state index contributed by atoms with van der Waals surface area (Å²) in [5.74, 6) is -0.417. The van der Waals surface area contributed by atoms with Crippen molar-refractivity contribution in [3.8, 4) is 0 Å². The molecule has 0 N–H and O–H groups in total. The number of aryl methyl sites for hydroxylation is 1. The van der Waals surface area contributed by atoms with Crippen LogP contribution in [0.2, 0.25) is 0 Å². The Hall–Kier alpha value is -1.42. The van der Waals surface area contributed by atoms with Crippen LogP contribution in [-0.4, -0.2) is 31.3 Å². The van der Waals surface area contributed by atoms with E-state index >= 15 is 0 Å². The molecule has 0 aliphatic carbocycles. The average molecular weight is 237 g/mol. The molecule has 0 aliphatic heterocycles. The van der Waals surface area contributed by atoms with Crippen LogP contribution in [-0.2, 0) is 20.7 Å². The highest BCUT2D eigenvalue weighted by Crippen LogP contribution is 2.03. The second kappa shape index (κ2) is 7.79. The molecule has 0 bridgehead atoms. The molecule has 1 atom stereocenters. The van der Waals surface area contributed by atoms with Crippen LogP contribution in [0.1, 0.15) is 18.9 Å². The second-order valence-corrected chi connectivity index (χ2v) is 3.96. The molecule has 4 nitrogen and oxygen atoms in total. The Kier molecular flexibility index (Phi) is 6.25. The lowest BCUT2D eigenvalue weighted by Gasteiger charge is -2.09. The maximum Gasteiger partial charge on any atom is 0.310 e. The van der Waals surface area contributed by atoms with E-state index in [9.17, 15) is 4.79 Å². The minimum Gasteiger partial charge on any atom is -0.469 e. The summed E-state index contributed by atoms with van der Waals surface area (Å²) in [4.78, 5) is 15.0. The summed E-state index contributed by atoms with van der Waals surface area (Å²) < 4.78 is 10.0. The van der Waals surface area contributed by atoms with Crippen molar-refractivity contribution in [2.75, 3.05) is 20.3 Å². The molecule has 1 heterocycles. The molecule has 94 valence electrons. The molecular weight excluding hydrogens is 218 g/mol. The van der Waals surface area contributed by atoms with E-state index in [-0.39, 0.29) is 11.9 Å². The van der Waals surface area contributed by atoms with E-state index in [1.54, 1.807) is 19.3 Å². The Balaban J connectivity index is 2.07. The van der Waals surface area contributed by atoms with Gasteiger partial charge in [-0.1, -0.05) is 0 Å². The standard InChI is InChI=1S/C13H19NO3/c1-11(13(15)16-2)10-17-9-3-4-12-5-7-14-8-6-12/h5-8,11H,3-4,9-10H2,1-2H3. The van der Waals surface area contributed by atoms with Crippen molar-refractivity contribution in [2.24, 2.45) is 5.92 Å². The number of nitrogens with zero attached hydrogens (tertiary/aromatic N) is 1. The lowest BCUT2D eigenvalue weighted by atomic mass is 10.1. The summed E-state index contributed by atoms with van der Waals surface area (Å²) in [6.07, 6.45) is 5.48. The molecular formula is C13H19NO3. The van der Waals surface area contributed by atoms with Gasteiger partial charge < -0.3 is 9.47 Å². The predicted octanol–water partition coefficient (Wildman–Crippen LogP) is 1.84. The van der Waals surface area contributed by atoms with Gasteiger partial charge in [-0.2, -0.15) is 0 Å². The molecule has 0 aromatic carbocycles. The number of rotatable bonds is 7. The lowest BCUT2D eigenvalue weighted by Crippen LogP contribution is -2.18. The third-order valence-electron chi connectivity index (χ3n) is 2.47. The zero-order valence-corrected chi connectivity index (χ0v) is 10.4. The fourth-order valence-electron chi connectivity index (χ4n) is 1.46. The van der Waals surface area contributed by atoms with Crippen molar-refractivity contribution >= 4 is 5.97 Å². The monoisotopic (exact) mass is 237 g/mol. The maximum atomic E-state index is 11.1. The Bertz CT molecular complexity index is 327. The number of aromatic nitrogens is 1. The van der Waals surface area contributed by atoms with Crippen LogP contribution in [0.5, 0.6) is 0 Å². The summed E-state index contributed by atoms with van der Waals surface area (Å²) in [6, 6.07) is 3.99. The maximum absolute atomic E-state index is 11.1. The van der Waals surface area contributed by atoms with Crippen LogP contribution in [0.3, 0.4) is 0 Å². The van der Waals surface area contributed by atoms with Crippen LogP contribution in [0.15, 0.2) is 24.5 Å². The van der Waals surface area contributed by atoms with Gasteiger partial charge in [0, 0.05) is 19.0 Å². The largest absolute Gasteiger partial charge is 0.469 e. The lowest BCUT2D eigenvalue weighted by molar-refractivity contribution is -0.146. The van der Waals surface area contributed by atoms with Gasteiger partial charge in [0.1, 0.15) is 0 Å². The third kappa shape index (κ3) is 5.45. The fourth-order valence-corrected chi connectivity index (χ4v) is 1.46. The highest BCUT2D eigenvalue weighted by atomic mass is 16.5. The van der Waals surface area contributed by atoms with Crippen LogP contribution in [0.25, 0.3) is 0 Å². The van der Waals surface area contributed by atoms with Gasteiger partial charge in [-0.25, -0.2) is 0 Å². The summed E-state index contributed by atoms with van der Waals surface area (Å²) in [5.41, 5.74) is 1.25. The van der Waals surface area contributed by atoms with E-state index in [0.717, 1.165) is 12.8 Å². The Morgan fingerprint density at radius 3 is 2.76 bits per heavy atom. The van der Waals surface area contributed by atoms with E-state index in [0.29, 0.717) is 13.2 Å². The van der Waals surface area contributed by atoms with Crippen molar-refractivity contribution < 1.29 is 14.3 Å². The molecule has 1 aromatic heterocycles. The van der Waals surface area contributed by atoms with E-state index in [1.165, 1.54) is 12.7 Å². The minimum absolute atomic E-state index is 0.194. The molecule has 1 aromatic rings. The van der Waals surface area contributed by atoms with E-state index in [1.807, 2.05) is 12.1 Å². The van der Waals surface area contributed by atoms with Gasteiger partial charge in [0.05, 0.1) is 19.6 Å². The first-order valence-corrected chi connectivity index (χ1v) is 5.78. The quantitative estimate of drug-likeness (QED) is 0.536. The fraction of sp³-hybridized carbons (Fsp3) is 0.538. The second-order valence-electron chi connectivity index (χ2n) is 3.96. The van der Waals surface area contributed by atoms with Crippen LogP contribution in [0, 0.1) is 5.92 Å². The van der Waals surface area contributed by atoms with E-state index < -0.39 is 0 Å². The van der Waals surface area contributed by atoms with Crippen molar-refractivity contribution in [1.29, 1.82) is 0 Å². The predicted molar refractivity (Wildman–Crippen MR) is 64.6 cm³/mol. The van der Waals surface area contributed by atoms with Crippen LogP contribution in [0.4, 0.5) is 0 Å². The first-order valence-electron chi connectivity index (χ1n) is 5.78. The first kappa shape index (κ1) is 13.6. The molecule has 0 fully saturated rings. The van der Waals surface area contributed by atoms with Crippen molar-refractivity contribution in [3.63, 3.8) is 0 Å². The molecule has 1 rings (SSSR count). The van der Waals surface area contributed by atoms with Crippen molar-refractivity contribution in [1.82, 2.24) is 4.98 Å². The molecule has 0 saturated carbocycles. The van der Waals surface area contributed by atoms with Crippen LogP contribution < -0.4 is 0 Å². The SMILES string of the molecule is COC(=O)C(C)COCCCc1ccncc1. The smallest absolute Gasteiger partial charge is 0.310 e. The average Bonchev–Trinajstić information content (AvgIpc) is 2.38. The number of esters is 1. The number of pyridine rings is 1. The highest BCUT2D eigenvalue weighted by molar-refractivity contribution is 5.71. The number of methoxy groups -OCH3 is 1. The molecule has 0 radical (unpaired) electrons. The molecule has 0 aliphatic rings. The zero-order valence-electron chi connectivity index (χ0n) is 10.4. The van der Waals surface area contributed by atoms with Gasteiger partial charge in [-0.05, 0) is 37.5 Å². The summed E-state index contributed by atoms with van der Waals surface area (Å²) >= 11 is 0. The van der Waals surface area contributed by atoms with Gasteiger partial charge in [0.15, 0.2) is 0 Å².